The topological polar surface area (TPSA) is 58.6 Å². The molecule has 2 aromatic rings. The van der Waals surface area contributed by atoms with Crippen molar-refractivity contribution in [1.82, 2.24) is 5.32 Å². The highest BCUT2D eigenvalue weighted by Gasteiger charge is 2.10. The monoisotopic (exact) mass is 285 g/mol. The first-order chi connectivity index (χ1) is 10.2. The molecule has 0 saturated carbocycles. The van der Waals surface area contributed by atoms with E-state index in [0.29, 0.717) is 11.3 Å². The summed E-state index contributed by atoms with van der Waals surface area (Å²) in [5.74, 6) is 0.335. The van der Waals surface area contributed by atoms with Crippen molar-refractivity contribution in [3.05, 3.63) is 65.7 Å². The Morgan fingerprint density at radius 2 is 1.81 bits per heavy atom. The van der Waals surface area contributed by atoms with Crippen LogP contribution in [0.1, 0.15) is 24.1 Å². The molecular weight excluding hydrogens is 266 g/mol. The van der Waals surface area contributed by atoms with E-state index in [-0.39, 0.29) is 25.2 Å². The van der Waals surface area contributed by atoms with Gasteiger partial charge in [0.25, 0.3) is 5.91 Å². The van der Waals surface area contributed by atoms with Crippen LogP contribution in [0.5, 0.6) is 5.75 Å². The summed E-state index contributed by atoms with van der Waals surface area (Å²) in [7, 11) is 0. The molecule has 2 N–H and O–H groups in total. The Kier molecular flexibility index (Phi) is 5.35. The number of nitrogens with one attached hydrogen (secondary N) is 1. The van der Waals surface area contributed by atoms with Crippen molar-refractivity contribution >= 4 is 5.91 Å². The van der Waals surface area contributed by atoms with Gasteiger partial charge in [0.1, 0.15) is 5.75 Å². The van der Waals surface area contributed by atoms with E-state index in [1.165, 1.54) is 0 Å². The molecule has 2 rings (SSSR count). The molecule has 4 heteroatoms. The van der Waals surface area contributed by atoms with Crippen molar-refractivity contribution < 1.29 is 14.6 Å². The average Bonchev–Trinajstić information content (AvgIpc) is 2.54. The summed E-state index contributed by atoms with van der Waals surface area (Å²) >= 11 is 0. The van der Waals surface area contributed by atoms with Gasteiger partial charge >= 0.3 is 0 Å². The maximum Gasteiger partial charge on any atom is 0.258 e. The number of benzene rings is 2. The largest absolute Gasteiger partial charge is 0.483 e. The van der Waals surface area contributed by atoms with Gasteiger partial charge in [0.2, 0.25) is 0 Å². The maximum absolute atomic E-state index is 11.9. The number of ether oxygens (including phenoxy) is 1. The van der Waals surface area contributed by atoms with Gasteiger partial charge in [0.15, 0.2) is 6.61 Å². The zero-order valence-corrected chi connectivity index (χ0v) is 12.0. The number of amides is 1. The lowest BCUT2D eigenvalue weighted by Crippen LogP contribution is -2.31. The van der Waals surface area contributed by atoms with Crippen LogP contribution in [0.15, 0.2) is 54.6 Å². The van der Waals surface area contributed by atoms with Crippen LogP contribution in [0.3, 0.4) is 0 Å². The smallest absolute Gasteiger partial charge is 0.258 e. The van der Waals surface area contributed by atoms with E-state index >= 15 is 0 Å². The molecule has 110 valence electrons. The lowest BCUT2D eigenvalue weighted by Gasteiger charge is -2.15. The predicted molar refractivity (Wildman–Crippen MR) is 80.9 cm³/mol. The molecule has 0 aliphatic rings. The van der Waals surface area contributed by atoms with E-state index in [9.17, 15) is 9.90 Å². The maximum atomic E-state index is 11.9. The Balaban J connectivity index is 1.88. The van der Waals surface area contributed by atoms with Gasteiger partial charge in [-0.15, -0.1) is 0 Å². The fourth-order valence-electron chi connectivity index (χ4n) is 2.03. The van der Waals surface area contributed by atoms with Gasteiger partial charge in [-0.05, 0) is 18.6 Å². The second kappa shape index (κ2) is 7.45. The lowest BCUT2D eigenvalue weighted by molar-refractivity contribution is -0.123. The first-order valence-electron chi connectivity index (χ1n) is 6.86. The van der Waals surface area contributed by atoms with Crippen LogP contribution < -0.4 is 10.1 Å². The van der Waals surface area contributed by atoms with Crippen LogP contribution in [0.25, 0.3) is 0 Å². The highest BCUT2D eigenvalue weighted by atomic mass is 16.5. The molecule has 0 bridgehead atoms. The molecule has 4 nitrogen and oxygen atoms in total. The van der Waals surface area contributed by atoms with E-state index in [1.54, 1.807) is 18.2 Å². The third-order valence-electron chi connectivity index (χ3n) is 3.18. The molecule has 2 aromatic carbocycles. The van der Waals surface area contributed by atoms with Crippen molar-refractivity contribution in [2.24, 2.45) is 0 Å². The van der Waals surface area contributed by atoms with Crippen LogP contribution in [0, 0.1) is 0 Å². The van der Waals surface area contributed by atoms with Crippen LogP contribution in [0.4, 0.5) is 0 Å². The number of aliphatic hydroxyl groups excluding tert-OH is 1. The normalized spacial score (nSPS) is 11.7. The summed E-state index contributed by atoms with van der Waals surface area (Å²) in [5.41, 5.74) is 1.71. The number of carbonyl (C=O) groups is 1. The summed E-state index contributed by atoms with van der Waals surface area (Å²) in [6, 6.07) is 16.8. The van der Waals surface area contributed by atoms with Gasteiger partial charge in [-0.2, -0.15) is 0 Å². The molecule has 1 unspecified atom stereocenters. The third-order valence-corrected chi connectivity index (χ3v) is 3.18. The predicted octanol–water partition coefficient (Wildman–Crippen LogP) is 2.44. The van der Waals surface area contributed by atoms with Gasteiger partial charge in [-0.1, -0.05) is 48.5 Å². The lowest BCUT2D eigenvalue weighted by atomic mass is 10.1. The van der Waals surface area contributed by atoms with Crippen molar-refractivity contribution in [2.75, 3.05) is 6.61 Å². The van der Waals surface area contributed by atoms with Crippen LogP contribution in [-0.2, 0) is 11.4 Å². The Morgan fingerprint density at radius 1 is 1.14 bits per heavy atom. The fraction of sp³-hybridized carbons (Fsp3) is 0.235. The van der Waals surface area contributed by atoms with Gasteiger partial charge in [0.05, 0.1) is 12.6 Å². The Labute approximate surface area is 124 Å². The minimum absolute atomic E-state index is 0.0737. The van der Waals surface area contributed by atoms with Crippen molar-refractivity contribution in [3.8, 4) is 5.75 Å². The van der Waals surface area contributed by atoms with E-state index < -0.39 is 0 Å². The van der Waals surface area contributed by atoms with Crippen LogP contribution in [-0.4, -0.2) is 17.6 Å². The Hall–Kier alpha value is -2.33. The Morgan fingerprint density at radius 3 is 2.52 bits per heavy atom. The second-order valence-corrected chi connectivity index (χ2v) is 4.75. The molecule has 1 atom stereocenters. The molecule has 0 aliphatic heterocycles. The van der Waals surface area contributed by atoms with E-state index in [1.807, 2.05) is 43.3 Å². The first kappa shape index (κ1) is 15.1. The minimum Gasteiger partial charge on any atom is -0.483 e. The molecule has 0 saturated heterocycles. The molecule has 21 heavy (non-hydrogen) atoms. The quantitative estimate of drug-likeness (QED) is 0.857. The molecule has 0 aromatic heterocycles. The van der Waals surface area contributed by atoms with Gasteiger partial charge < -0.3 is 15.2 Å². The van der Waals surface area contributed by atoms with Crippen LogP contribution in [0.2, 0.25) is 0 Å². The summed E-state index contributed by atoms with van der Waals surface area (Å²) in [6.07, 6.45) is 0. The zero-order chi connectivity index (χ0) is 15.1. The summed E-state index contributed by atoms with van der Waals surface area (Å²) in [6.45, 7) is 1.74. The van der Waals surface area contributed by atoms with E-state index in [0.717, 1.165) is 5.56 Å². The van der Waals surface area contributed by atoms with Gasteiger partial charge in [0, 0.05) is 5.56 Å². The fourth-order valence-corrected chi connectivity index (χ4v) is 2.03. The summed E-state index contributed by atoms with van der Waals surface area (Å²) in [5, 5.41) is 12.1. The number of para-hydroxylation sites is 1. The molecule has 1 amide bonds. The standard InChI is InChI=1S/C17H19NO3/c1-13(14-7-3-2-4-8-14)18-17(20)12-21-16-10-6-5-9-15(16)11-19/h2-10,13,19H,11-12H2,1H3,(H,18,20). The molecule has 0 aliphatic carbocycles. The molecule has 0 heterocycles. The number of rotatable bonds is 6. The Bertz CT molecular complexity index is 584. The third kappa shape index (κ3) is 4.33. The van der Waals surface area contributed by atoms with E-state index in [2.05, 4.69) is 5.32 Å². The average molecular weight is 285 g/mol. The van der Waals surface area contributed by atoms with Crippen molar-refractivity contribution in [3.63, 3.8) is 0 Å². The van der Waals surface area contributed by atoms with Gasteiger partial charge in [-0.3, -0.25) is 4.79 Å². The number of hydrogen-bond acceptors (Lipinski definition) is 3. The second-order valence-electron chi connectivity index (χ2n) is 4.75. The van der Waals surface area contributed by atoms with Crippen molar-refractivity contribution in [2.45, 2.75) is 19.6 Å². The minimum atomic E-state index is -0.195. The highest BCUT2D eigenvalue weighted by Crippen LogP contribution is 2.17. The first-order valence-corrected chi connectivity index (χ1v) is 6.86. The van der Waals surface area contributed by atoms with Crippen LogP contribution >= 0.6 is 0 Å². The number of carbonyl (C=O) groups excluding carboxylic acids is 1. The molecule has 0 radical (unpaired) electrons. The zero-order valence-electron chi connectivity index (χ0n) is 12.0. The number of aliphatic hydroxyl groups is 1. The molecule has 0 spiro atoms. The van der Waals surface area contributed by atoms with E-state index in [4.69, 9.17) is 4.74 Å². The SMILES string of the molecule is CC(NC(=O)COc1ccccc1CO)c1ccccc1. The summed E-state index contributed by atoms with van der Waals surface area (Å²) in [4.78, 5) is 11.9. The highest BCUT2D eigenvalue weighted by molar-refractivity contribution is 5.78. The van der Waals surface area contributed by atoms with Gasteiger partial charge in [-0.25, -0.2) is 0 Å². The molecular formula is C17H19NO3. The number of hydrogen-bond donors (Lipinski definition) is 2. The van der Waals surface area contributed by atoms with Crippen molar-refractivity contribution in [1.29, 1.82) is 0 Å². The summed E-state index contributed by atoms with van der Waals surface area (Å²) < 4.78 is 5.45. The molecule has 0 fully saturated rings.